The monoisotopic (exact) mass is 528 g/mol. The number of aliphatic imine (C=N–C) groups is 1. The minimum atomic E-state index is -3.61. The van der Waals surface area contributed by atoms with Gasteiger partial charge in [-0.2, -0.15) is 0 Å². The van der Waals surface area contributed by atoms with Gasteiger partial charge in [-0.25, -0.2) is 12.8 Å². The lowest BCUT2D eigenvalue weighted by Crippen LogP contribution is -2.41. The van der Waals surface area contributed by atoms with Crippen LogP contribution < -0.4 is 10.0 Å². The number of ether oxygens (including phenoxy) is 1. The van der Waals surface area contributed by atoms with Crippen molar-refractivity contribution >= 4 is 45.6 Å². The van der Waals surface area contributed by atoms with Crippen LogP contribution >= 0.6 is 24.0 Å². The summed E-state index contributed by atoms with van der Waals surface area (Å²) in [7, 11) is -1.68. The topological polar surface area (TPSA) is 83.0 Å². The summed E-state index contributed by atoms with van der Waals surface area (Å²) in [6.07, 6.45) is 1.02. The molecule has 0 bridgehead atoms. The first kappa shape index (κ1) is 24.9. The average molecular weight is 528 g/mol. The number of guanidine groups is 1. The zero-order valence-corrected chi connectivity index (χ0v) is 19.7. The van der Waals surface area contributed by atoms with Crippen molar-refractivity contribution in [2.45, 2.75) is 20.3 Å². The number of nitrogens with zero attached hydrogens (tertiary/aromatic N) is 2. The van der Waals surface area contributed by atoms with Crippen molar-refractivity contribution in [3.63, 3.8) is 0 Å². The molecule has 0 aliphatic carbocycles. The van der Waals surface area contributed by atoms with Crippen LogP contribution in [0.3, 0.4) is 0 Å². The number of hydrogen-bond donors (Lipinski definition) is 2. The van der Waals surface area contributed by atoms with E-state index in [0.717, 1.165) is 26.2 Å². The van der Waals surface area contributed by atoms with E-state index in [9.17, 15) is 12.8 Å². The molecule has 1 heterocycles. The molecule has 1 unspecified atom stereocenters. The molecule has 0 spiro atoms. The number of halogens is 2. The Hall–Kier alpha value is -1.14. The van der Waals surface area contributed by atoms with E-state index in [0.29, 0.717) is 24.0 Å². The highest BCUT2D eigenvalue weighted by Crippen LogP contribution is 2.15. The van der Waals surface area contributed by atoms with Crippen molar-refractivity contribution in [3.05, 3.63) is 29.6 Å². The number of hydrogen-bond acceptors (Lipinski definition) is 4. The van der Waals surface area contributed by atoms with E-state index in [1.165, 1.54) is 12.1 Å². The summed E-state index contributed by atoms with van der Waals surface area (Å²) >= 11 is 0. The van der Waals surface area contributed by atoms with Gasteiger partial charge >= 0.3 is 0 Å². The first-order chi connectivity index (χ1) is 12.8. The second-order valence-electron chi connectivity index (χ2n) is 6.73. The van der Waals surface area contributed by atoms with Crippen LogP contribution in [0.5, 0.6) is 0 Å². The summed E-state index contributed by atoms with van der Waals surface area (Å²) in [5.41, 5.74) is 0.681. The van der Waals surface area contributed by atoms with Crippen LogP contribution in [-0.4, -0.2) is 64.9 Å². The van der Waals surface area contributed by atoms with Gasteiger partial charge < -0.3 is 15.0 Å². The Morgan fingerprint density at radius 3 is 2.79 bits per heavy atom. The van der Waals surface area contributed by atoms with Crippen LogP contribution in [0.4, 0.5) is 10.1 Å². The van der Waals surface area contributed by atoms with Crippen molar-refractivity contribution in [1.29, 1.82) is 0 Å². The molecule has 1 aliphatic rings. The molecule has 0 radical (unpaired) electrons. The summed E-state index contributed by atoms with van der Waals surface area (Å²) in [4.78, 5) is 6.41. The fourth-order valence-electron chi connectivity index (χ4n) is 2.83. The second kappa shape index (κ2) is 11.8. The van der Waals surface area contributed by atoms with Crippen LogP contribution in [0.25, 0.3) is 0 Å². The normalized spacial score (nSPS) is 17.1. The molecular weight excluding hydrogens is 498 g/mol. The Kier molecular flexibility index (Phi) is 10.5. The van der Waals surface area contributed by atoms with Crippen molar-refractivity contribution in [3.8, 4) is 0 Å². The van der Waals surface area contributed by atoms with Gasteiger partial charge in [0, 0.05) is 32.7 Å². The maximum atomic E-state index is 13.6. The van der Waals surface area contributed by atoms with E-state index in [4.69, 9.17) is 4.74 Å². The van der Waals surface area contributed by atoms with Crippen LogP contribution in [0.15, 0.2) is 23.2 Å². The SMILES string of the molecule is CCNC(=NCCS(=O)(=O)Nc1ccc(C)c(F)c1)N(C)CC1CCOC1.I. The molecule has 1 saturated heterocycles. The molecule has 1 aromatic carbocycles. The van der Waals surface area contributed by atoms with E-state index in [-0.39, 0.29) is 42.0 Å². The molecule has 0 amide bonds. The third kappa shape index (κ3) is 8.08. The molecule has 2 rings (SSSR count). The van der Waals surface area contributed by atoms with Crippen molar-refractivity contribution < 1.29 is 17.5 Å². The quantitative estimate of drug-likeness (QED) is 0.308. The molecule has 7 nitrogen and oxygen atoms in total. The van der Waals surface area contributed by atoms with E-state index in [2.05, 4.69) is 15.0 Å². The molecule has 1 aliphatic heterocycles. The summed E-state index contributed by atoms with van der Waals surface area (Å²) < 4.78 is 45.8. The molecule has 1 atom stereocenters. The number of nitrogens with one attached hydrogen (secondary N) is 2. The molecule has 1 fully saturated rings. The Morgan fingerprint density at radius 2 is 2.18 bits per heavy atom. The van der Waals surface area contributed by atoms with Crippen molar-refractivity contribution in [2.75, 3.05) is 50.4 Å². The lowest BCUT2D eigenvalue weighted by atomic mass is 10.1. The van der Waals surface area contributed by atoms with Gasteiger partial charge in [0.15, 0.2) is 5.96 Å². The Morgan fingerprint density at radius 1 is 1.43 bits per heavy atom. The maximum Gasteiger partial charge on any atom is 0.234 e. The van der Waals surface area contributed by atoms with Gasteiger partial charge in [0.2, 0.25) is 10.0 Å². The highest BCUT2D eigenvalue weighted by Gasteiger charge is 2.19. The standard InChI is InChI=1S/C18H29FN4O3S.HI/c1-4-20-18(23(3)12-15-7-9-26-13-15)21-8-10-27(24,25)22-16-6-5-14(2)17(19)11-16;/h5-6,11,15,22H,4,7-10,12-13H2,1-3H3,(H,20,21);1H. The predicted molar refractivity (Wildman–Crippen MR) is 121 cm³/mol. The molecule has 28 heavy (non-hydrogen) atoms. The van der Waals surface area contributed by atoms with Crippen molar-refractivity contribution in [1.82, 2.24) is 10.2 Å². The largest absolute Gasteiger partial charge is 0.381 e. The van der Waals surface area contributed by atoms with Gasteiger partial charge in [-0.1, -0.05) is 6.07 Å². The minimum Gasteiger partial charge on any atom is -0.381 e. The summed E-state index contributed by atoms with van der Waals surface area (Å²) in [5, 5.41) is 3.18. The Balaban J connectivity index is 0.00000392. The van der Waals surface area contributed by atoms with E-state index in [1.807, 2.05) is 18.9 Å². The number of benzene rings is 1. The van der Waals surface area contributed by atoms with Crippen molar-refractivity contribution in [2.24, 2.45) is 10.9 Å². The fourth-order valence-corrected chi connectivity index (χ4v) is 3.75. The minimum absolute atomic E-state index is 0. The van der Waals surface area contributed by atoms with Gasteiger partial charge in [0.1, 0.15) is 5.82 Å². The van der Waals surface area contributed by atoms with E-state index in [1.54, 1.807) is 13.0 Å². The fraction of sp³-hybridized carbons (Fsp3) is 0.611. The summed E-state index contributed by atoms with van der Waals surface area (Å²) in [6, 6.07) is 4.26. The third-order valence-corrected chi connectivity index (χ3v) is 5.59. The maximum absolute atomic E-state index is 13.6. The lowest BCUT2D eigenvalue weighted by molar-refractivity contribution is 0.181. The highest BCUT2D eigenvalue weighted by molar-refractivity contribution is 14.0. The molecule has 10 heteroatoms. The highest BCUT2D eigenvalue weighted by atomic mass is 127. The molecular formula is C18H30FIN4O3S. The molecule has 0 aromatic heterocycles. The van der Waals surface area contributed by atoms with Gasteiger partial charge in [-0.05, 0) is 38.0 Å². The number of aryl methyl sites for hydroxylation is 1. The van der Waals surface area contributed by atoms with E-state index < -0.39 is 15.8 Å². The second-order valence-corrected chi connectivity index (χ2v) is 8.57. The van der Waals surface area contributed by atoms with E-state index >= 15 is 0 Å². The molecule has 2 N–H and O–H groups in total. The lowest BCUT2D eigenvalue weighted by Gasteiger charge is -2.24. The average Bonchev–Trinajstić information content (AvgIpc) is 3.10. The van der Waals surface area contributed by atoms with Gasteiger partial charge in [0.25, 0.3) is 0 Å². The Labute approximate surface area is 184 Å². The van der Waals surface area contributed by atoms with Gasteiger partial charge in [0.05, 0.1) is 24.6 Å². The predicted octanol–water partition coefficient (Wildman–Crippen LogP) is 2.43. The molecule has 160 valence electrons. The molecule has 0 saturated carbocycles. The molecule has 1 aromatic rings. The zero-order chi connectivity index (χ0) is 19.9. The zero-order valence-electron chi connectivity index (χ0n) is 16.6. The first-order valence-electron chi connectivity index (χ1n) is 9.14. The number of sulfonamides is 1. The first-order valence-corrected chi connectivity index (χ1v) is 10.8. The Bertz CT molecular complexity index is 755. The third-order valence-electron chi connectivity index (χ3n) is 4.32. The summed E-state index contributed by atoms with van der Waals surface area (Å²) in [6.45, 7) is 6.73. The number of anilines is 1. The summed E-state index contributed by atoms with van der Waals surface area (Å²) in [5.74, 6) is 0.499. The van der Waals surface area contributed by atoms with Gasteiger partial charge in [-0.15, -0.1) is 24.0 Å². The number of rotatable bonds is 8. The van der Waals surface area contributed by atoms with Gasteiger partial charge in [-0.3, -0.25) is 9.71 Å². The van der Waals surface area contributed by atoms with Crippen LogP contribution in [0.2, 0.25) is 0 Å². The van der Waals surface area contributed by atoms with Crippen LogP contribution in [0.1, 0.15) is 18.9 Å². The van der Waals surface area contributed by atoms with Crippen LogP contribution in [0, 0.1) is 18.7 Å². The van der Waals surface area contributed by atoms with Crippen LogP contribution in [-0.2, 0) is 14.8 Å². The smallest absolute Gasteiger partial charge is 0.234 e.